The molecule has 0 fully saturated rings. The molecule has 0 N–H and O–H groups in total. The second-order valence-corrected chi connectivity index (χ2v) is 17.2. The Labute approximate surface area is 320 Å². The molecule has 0 amide bonds. The lowest BCUT2D eigenvalue weighted by atomic mass is 9.82. The third-order valence-corrected chi connectivity index (χ3v) is 13.6. The van der Waals surface area contributed by atoms with E-state index in [1.54, 1.807) is 0 Å². The van der Waals surface area contributed by atoms with Crippen LogP contribution in [0.2, 0.25) is 0 Å². The lowest BCUT2D eigenvalue weighted by molar-refractivity contribution is 0.660. The molecule has 11 rings (SSSR count). The first-order chi connectivity index (χ1) is 26.3. The van der Waals surface area contributed by atoms with Crippen molar-refractivity contribution in [3.05, 3.63) is 186 Å². The Morgan fingerprint density at radius 1 is 0.426 bits per heavy atom. The first-order valence-electron chi connectivity index (χ1n) is 19.0. The minimum absolute atomic E-state index is 0.0973. The summed E-state index contributed by atoms with van der Waals surface area (Å²) >= 11 is 1.88. The van der Waals surface area contributed by atoms with Gasteiger partial charge >= 0.3 is 0 Å². The van der Waals surface area contributed by atoms with Crippen molar-refractivity contribution in [2.24, 2.45) is 0 Å². The molecule has 54 heavy (non-hydrogen) atoms. The fourth-order valence-electron chi connectivity index (χ4n) is 9.78. The van der Waals surface area contributed by atoms with E-state index < -0.39 is 0 Å². The zero-order valence-electron chi connectivity index (χ0n) is 30.9. The van der Waals surface area contributed by atoms with Gasteiger partial charge in [0.05, 0.1) is 11.4 Å². The molecule has 0 spiro atoms. The Bertz CT molecular complexity index is 2890. The fraction of sp³-hybridized carbons (Fsp3) is 0.115. The van der Waals surface area contributed by atoms with Gasteiger partial charge in [0.25, 0.3) is 0 Å². The second-order valence-electron chi connectivity index (χ2n) is 16.1. The van der Waals surface area contributed by atoms with Crippen LogP contribution in [0.25, 0.3) is 64.3 Å². The van der Waals surface area contributed by atoms with Crippen LogP contribution in [0, 0.1) is 0 Å². The zero-order valence-corrected chi connectivity index (χ0v) is 31.8. The van der Waals surface area contributed by atoms with Crippen molar-refractivity contribution in [1.29, 1.82) is 0 Å². The van der Waals surface area contributed by atoms with Gasteiger partial charge < -0.3 is 4.90 Å². The molecule has 1 aromatic heterocycles. The van der Waals surface area contributed by atoms with Crippen LogP contribution in [0.1, 0.15) is 49.9 Å². The summed E-state index contributed by atoms with van der Waals surface area (Å²) in [6, 6.07) is 61.5. The van der Waals surface area contributed by atoms with Crippen molar-refractivity contribution in [3.8, 4) is 33.4 Å². The zero-order chi connectivity index (χ0) is 36.3. The van der Waals surface area contributed by atoms with E-state index in [1.807, 2.05) is 11.3 Å². The Kier molecular flexibility index (Phi) is 6.59. The topological polar surface area (TPSA) is 3.24 Å². The summed E-state index contributed by atoms with van der Waals surface area (Å²) in [6.07, 6.45) is 0. The van der Waals surface area contributed by atoms with Gasteiger partial charge in [-0.2, -0.15) is 0 Å². The number of nitrogens with zero attached hydrogens (tertiary/aromatic N) is 1. The maximum absolute atomic E-state index is 2.54. The summed E-state index contributed by atoms with van der Waals surface area (Å²) < 4.78 is 2.68. The van der Waals surface area contributed by atoms with Crippen molar-refractivity contribution in [1.82, 2.24) is 0 Å². The third-order valence-electron chi connectivity index (χ3n) is 12.5. The molecule has 0 bridgehead atoms. The fourth-order valence-corrected chi connectivity index (χ4v) is 10.9. The number of hydrogen-bond acceptors (Lipinski definition) is 2. The quantitative estimate of drug-likeness (QED) is 0.176. The van der Waals surface area contributed by atoms with Crippen LogP contribution in [-0.2, 0) is 10.8 Å². The lowest BCUT2D eigenvalue weighted by Gasteiger charge is -2.31. The molecule has 2 heteroatoms. The molecule has 2 aliphatic rings. The summed E-state index contributed by atoms with van der Waals surface area (Å²) in [4.78, 5) is 2.54. The van der Waals surface area contributed by atoms with Crippen molar-refractivity contribution < 1.29 is 0 Å². The van der Waals surface area contributed by atoms with Crippen LogP contribution in [0.15, 0.2) is 164 Å². The highest BCUT2D eigenvalue weighted by atomic mass is 32.1. The van der Waals surface area contributed by atoms with Gasteiger partial charge in [-0.1, -0.05) is 149 Å². The molecule has 0 atom stereocenters. The van der Waals surface area contributed by atoms with Gasteiger partial charge in [0, 0.05) is 47.8 Å². The van der Waals surface area contributed by atoms with E-state index in [4.69, 9.17) is 0 Å². The van der Waals surface area contributed by atoms with Gasteiger partial charge in [-0.15, -0.1) is 11.3 Å². The van der Waals surface area contributed by atoms with Crippen LogP contribution in [0.5, 0.6) is 0 Å². The lowest BCUT2D eigenvalue weighted by Crippen LogP contribution is -2.17. The van der Waals surface area contributed by atoms with E-state index in [0.717, 1.165) is 5.69 Å². The summed E-state index contributed by atoms with van der Waals surface area (Å²) in [6.45, 7) is 9.48. The maximum Gasteiger partial charge on any atom is 0.0543 e. The van der Waals surface area contributed by atoms with Gasteiger partial charge in [0.2, 0.25) is 0 Å². The Balaban J connectivity index is 1.12. The van der Waals surface area contributed by atoms with E-state index in [0.29, 0.717) is 0 Å². The summed E-state index contributed by atoms with van der Waals surface area (Å²) in [5.74, 6) is 0. The van der Waals surface area contributed by atoms with Crippen LogP contribution in [-0.4, -0.2) is 0 Å². The second kappa shape index (κ2) is 11.3. The normalized spacial score (nSPS) is 14.6. The van der Waals surface area contributed by atoms with Gasteiger partial charge in [0.1, 0.15) is 0 Å². The first-order valence-corrected chi connectivity index (χ1v) is 19.8. The van der Waals surface area contributed by atoms with Crippen molar-refractivity contribution >= 4 is 59.3 Å². The van der Waals surface area contributed by atoms with Crippen LogP contribution in [0.4, 0.5) is 17.1 Å². The Hall–Kier alpha value is -5.96. The molecular weight excluding hydrogens is 671 g/mol. The van der Waals surface area contributed by atoms with E-state index >= 15 is 0 Å². The van der Waals surface area contributed by atoms with Crippen molar-refractivity contribution in [2.45, 2.75) is 38.5 Å². The summed E-state index contributed by atoms with van der Waals surface area (Å²) in [7, 11) is 0. The largest absolute Gasteiger partial charge is 0.309 e. The first kappa shape index (κ1) is 31.6. The predicted octanol–water partition coefficient (Wildman–Crippen LogP) is 15.0. The Morgan fingerprint density at radius 3 is 1.61 bits per heavy atom. The van der Waals surface area contributed by atoms with Crippen LogP contribution in [0.3, 0.4) is 0 Å². The number of thiophene rings is 1. The van der Waals surface area contributed by atoms with E-state index in [9.17, 15) is 0 Å². The van der Waals surface area contributed by atoms with Gasteiger partial charge in [-0.3, -0.25) is 0 Å². The van der Waals surface area contributed by atoms with E-state index in [1.165, 1.54) is 98.0 Å². The van der Waals surface area contributed by atoms with Gasteiger partial charge in [-0.05, 0) is 97.7 Å². The smallest absolute Gasteiger partial charge is 0.0543 e. The molecule has 8 aromatic carbocycles. The number of benzene rings is 8. The molecule has 1 nitrogen and oxygen atoms in total. The molecular formula is C52H39NS. The highest BCUT2D eigenvalue weighted by Gasteiger charge is 2.40. The molecule has 0 saturated heterocycles. The highest BCUT2D eigenvalue weighted by molar-refractivity contribution is 7.26. The Morgan fingerprint density at radius 2 is 0.963 bits per heavy atom. The van der Waals surface area contributed by atoms with Crippen LogP contribution < -0.4 is 4.90 Å². The summed E-state index contributed by atoms with van der Waals surface area (Å²) in [5.41, 5.74) is 16.7. The number of hydrogen-bond donors (Lipinski definition) is 0. The molecule has 2 aliphatic carbocycles. The average Bonchev–Trinajstić information content (AvgIpc) is 3.79. The molecule has 9 aromatic rings. The van der Waals surface area contributed by atoms with E-state index in [2.05, 4.69) is 196 Å². The third kappa shape index (κ3) is 4.32. The van der Waals surface area contributed by atoms with Gasteiger partial charge in [-0.25, -0.2) is 0 Å². The monoisotopic (exact) mass is 709 g/mol. The molecule has 0 saturated carbocycles. The molecule has 0 radical (unpaired) electrons. The van der Waals surface area contributed by atoms with Gasteiger partial charge in [0.15, 0.2) is 0 Å². The molecule has 0 unspecified atom stereocenters. The molecule has 258 valence electrons. The minimum Gasteiger partial charge on any atom is -0.309 e. The van der Waals surface area contributed by atoms with E-state index in [-0.39, 0.29) is 10.8 Å². The standard InChI is InChI=1S/C52H39NS/c1-51(2)40-16-8-5-13-36(40)49-42(51)18-11-20-44(49)53(45-21-12-19-43-50(45)37-14-6-9-17-41(37)52(43,3)4)35-28-25-32(26-29-35)34-24-23-33-27-30-47-48(39(33)31-34)38-15-7-10-22-46(38)54-47/h5-31H,1-4H3. The highest BCUT2D eigenvalue weighted by Crippen LogP contribution is 2.58. The minimum atomic E-state index is -0.0973. The maximum atomic E-state index is 2.54. The number of rotatable bonds is 4. The molecule has 1 heterocycles. The van der Waals surface area contributed by atoms with Crippen LogP contribution >= 0.6 is 11.3 Å². The van der Waals surface area contributed by atoms with Crippen molar-refractivity contribution in [3.63, 3.8) is 0 Å². The predicted molar refractivity (Wildman–Crippen MR) is 232 cm³/mol. The summed E-state index contributed by atoms with van der Waals surface area (Å²) in [5, 5.41) is 5.29. The van der Waals surface area contributed by atoms with Crippen molar-refractivity contribution in [2.75, 3.05) is 4.90 Å². The number of anilines is 3. The average molecular weight is 710 g/mol. The number of fused-ring (bicyclic) bond motifs is 11. The molecule has 0 aliphatic heterocycles. The SMILES string of the molecule is CC1(C)c2ccccc2-c2c(N(c3ccc(-c4ccc5ccc6sc7ccccc7c6c5c4)cc3)c3cccc4c3-c3ccccc3C4(C)C)cccc21.